The second-order valence-electron chi connectivity index (χ2n) is 3.05. The summed E-state index contributed by atoms with van der Waals surface area (Å²) in [6.07, 6.45) is 0.824. The van der Waals surface area contributed by atoms with E-state index in [9.17, 15) is 0 Å². The number of nitrogens with two attached hydrogens (primary N) is 1. The quantitative estimate of drug-likeness (QED) is 0.772. The van der Waals surface area contributed by atoms with Gasteiger partial charge < -0.3 is 10.5 Å². The number of halogens is 3. The topological polar surface area (TPSA) is 35.2 Å². The maximum absolute atomic E-state index is 5.88. The summed E-state index contributed by atoms with van der Waals surface area (Å²) >= 11 is 11.7. The number of fused-ring (bicyclic) bond motifs is 1. The van der Waals surface area contributed by atoms with Crippen molar-refractivity contribution in [1.29, 1.82) is 0 Å². The summed E-state index contributed by atoms with van der Waals surface area (Å²) in [5, 5.41) is 1.04. The minimum Gasteiger partial charge on any atom is -0.493 e. The number of hydrogen-bond donors (Lipinski definition) is 1. The van der Waals surface area contributed by atoms with E-state index in [1.807, 2.05) is 0 Å². The molecule has 0 spiro atoms. The lowest BCUT2D eigenvalue weighted by Crippen LogP contribution is -2.20. The summed E-state index contributed by atoms with van der Waals surface area (Å²) < 4.78 is 5.41. The molecule has 2 N–H and O–H groups in total. The zero-order valence-corrected chi connectivity index (χ0v) is 9.62. The lowest BCUT2D eigenvalue weighted by Gasteiger charge is -2.23. The van der Waals surface area contributed by atoms with Gasteiger partial charge in [-0.2, -0.15) is 0 Å². The van der Waals surface area contributed by atoms with Crippen molar-refractivity contribution in [2.45, 2.75) is 12.5 Å². The van der Waals surface area contributed by atoms with Crippen LogP contribution in [0.5, 0.6) is 5.75 Å². The fraction of sp³-hybridized carbons (Fsp3) is 0.333. The van der Waals surface area contributed by atoms with Gasteiger partial charge in [0.2, 0.25) is 0 Å². The van der Waals surface area contributed by atoms with E-state index in [2.05, 4.69) is 0 Å². The molecule has 0 aromatic heterocycles. The third-order valence-corrected chi connectivity index (χ3v) is 2.86. The van der Waals surface area contributed by atoms with Gasteiger partial charge in [0.05, 0.1) is 16.7 Å². The molecule has 78 valence electrons. The molecule has 1 aliphatic heterocycles. The average Bonchev–Trinajstić information content (AvgIpc) is 2.09. The van der Waals surface area contributed by atoms with Crippen molar-refractivity contribution in [3.05, 3.63) is 27.7 Å². The molecule has 2 nitrogen and oxygen atoms in total. The van der Waals surface area contributed by atoms with Crippen LogP contribution >= 0.6 is 35.6 Å². The van der Waals surface area contributed by atoms with Crippen molar-refractivity contribution < 1.29 is 4.74 Å². The summed E-state index contributed by atoms with van der Waals surface area (Å²) in [6.45, 7) is 0.645. The van der Waals surface area contributed by atoms with Crippen LogP contribution < -0.4 is 10.5 Å². The third-order valence-electron chi connectivity index (χ3n) is 2.14. The van der Waals surface area contributed by atoms with E-state index in [-0.39, 0.29) is 18.4 Å². The number of hydrogen-bond acceptors (Lipinski definition) is 2. The SMILES string of the molecule is Cl.N[C@@H]1CCOc2cc(Cl)c(Cl)cc21. The molecule has 14 heavy (non-hydrogen) atoms. The highest BCUT2D eigenvalue weighted by Gasteiger charge is 2.19. The summed E-state index contributed by atoms with van der Waals surface area (Å²) in [4.78, 5) is 0. The molecule has 0 saturated heterocycles. The van der Waals surface area contributed by atoms with Crippen molar-refractivity contribution in [3.63, 3.8) is 0 Å². The predicted molar refractivity (Wildman–Crippen MR) is 60.8 cm³/mol. The Hall–Kier alpha value is -0.150. The molecular formula is C9H10Cl3NO. The Morgan fingerprint density at radius 2 is 1.93 bits per heavy atom. The lowest BCUT2D eigenvalue weighted by molar-refractivity contribution is 0.269. The van der Waals surface area contributed by atoms with Crippen LogP contribution in [0.2, 0.25) is 10.0 Å². The largest absolute Gasteiger partial charge is 0.493 e. The Balaban J connectivity index is 0.000000980. The second-order valence-corrected chi connectivity index (χ2v) is 3.86. The highest BCUT2D eigenvalue weighted by Crippen LogP contribution is 2.36. The second kappa shape index (κ2) is 4.58. The molecule has 0 fully saturated rings. The number of ether oxygens (including phenoxy) is 1. The van der Waals surface area contributed by atoms with Gasteiger partial charge in [0.1, 0.15) is 5.75 Å². The smallest absolute Gasteiger partial charge is 0.125 e. The molecular weight excluding hydrogens is 244 g/mol. The van der Waals surface area contributed by atoms with E-state index in [0.29, 0.717) is 16.7 Å². The van der Waals surface area contributed by atoms with Crippen LogP contribution in [0.4, 0.5) is 0 Å². The summed E-state index contributed by atoms with van der Waals surface area (Å²) in [6, 6.07) is 3.51. The fourth-order valence-electron chi connectivity index (χ4n) is 1.41. The molecule has 0 amide bonds. The van der Waals surface area contributed by atoms with Crippen LogP contribution in [-0.2, 0) is 0 Å². The van der Waals surface area contributed by atoms with Crippen molar-refractivity contribution >= 4 is 35.6 Å². The maximum Gasteiger partial charge on any atom is 0.125 e. The monoisotopic (exact) mass is 253 g/mol. The van der Waals surface area contributed by atoms with Crippen molar-refractivity contribution in [2.24, 2.45) is 5.73 Å². The molecule has 0 radical (unpaired) electrons. The maximum atomic E-state index is 5.88. The van der Waals surface area contributed by atoms with Crippen molar-refractivity contribution in [1.82, 2.24) is 0 Å². The first-order valence-corrected chi connectivity index (χ1v) is 4.81. The molecule has 0 aliphatic carbocycles. The molecule has 1 atom stereocenters. The molecule has 0 bridgehead atoms. The first-order chi connectivity index (χ1) is 6.18. The van der Waals surface area contributed by atoms with Gasteiger partial charge >= 0.3 is 0 Å². The normalized spacial score (nSPS) is 19.2. The highest BCUT2D eigenvalue weighted by molar-refractivity contribution is 6.42. The van der Waals surface area contributed by atoms with E-state index in [1.165, 1.54) is 0 Å². The standard InChI is InChI=1S/C9H9Cl2NO.ClH/c10-6-3-5-8(12)1-2-13-9(5)4-7(6)11;/h3-4,8H,1-2,12H2;1H/t8-;/m1./s1. The molecule has 1 aromatic rings. The van der Waals surface area contributed by atoms with E-state index in [1.54, 1.807) is 12.1 Å². The zero-order valence-electron chi connectivity index (χ0n) is 7.30. The minimum absolute atomic E-state index is 0. The van der Waals surface area contributed by atoms with Crippen LogP contribution in [0.25, 0.3) is 0 Å². The predicted octanol–water partition coefficient (Wildman–Crippen LogP) is 3.20. The van der Waals surface area contributed by atoms with Crippen LogP contribution in [0.3, 0.4) is 0 Å². The number of benzene rings is 1. The van der Waals surface area contributed by atoms with Crippen LogP contribution in [0, 0.1) is 0 Å². The molecule has 2 rings (SSSR count). The Kier molecular flexibility index (Phi) is 3.90. The van der Waals surface area contributed by atoms with Crippen molar-refractivity contribution in [2.75, 3.05) is 6.61 Å². The van der Waals surface area contributed by atoms with E-state index in [0.717, 1.165) is 17.7 Å². The molecule has 0 saturated carbocycles. The summed E-state index contributed by atoms with van der Waals surface area (Å²) in [5.41, 5.74) is 6.83. The number of rotatable bonds is 0. The fourth-order valence-corrected chi connectivity index (χ4v) is 1.74. The van der Waals surface area contributed by atoms with Crippen LogP contribution in [0.1, 0.15) is 18.0 Å². The van der Waals surface area contributed by atoms with Gasteiger partial charge in [0.25, 0.3) is 0 Å². The first kappa shape index (κ1) is 11.9. The third kappa shape index (κ3) is 2.09. The van der Waals surface area contributed by atoms with Crippen molar-refractivity contribution in [3.8, 4) is 5.75 Å². The van der Waals surface area contributed by atoms with Gasteiger partial charge in [-0.1, -0.05) is 23.2 Å². The van der Waals surface area contributed by atoms with Gasteiger partial charge in [-0.05, 0) is 6.07 Å². The van der Waals surface area contributed by atoms with E-state index < -0.39 is 0 Å². The van der Waals surface area contributed by atoms with Crippen LogP contribution in [0.15, 0.2) is 12.1 Å². The van der Waals surface area contributed by atoms with E-state index >= 15 is 0 Å². The highest BCUT2D eigenvalue weighted by atomic mass is 35.5. The van der Waals surface area contributed by atoms with Gasteiger partial charge in [0.15, 0.2) is 0 Å². The molecule has 5 heteroatoms. The Morgan fingerprint density at radius 3 is 2.64 bits per heavy atom. The summed E-state index contributed by atoms with van der Waals surface area (Å²) in [5.74, 6) is 0.758. The van der Waals surface area contributed by atoms with E-state index in [4.69, 9.17) is 33.7 Å². The molecule has 1 aromatic carbocycles. The zero-order chi connectivity index (χ0) is 9.42. The molecule has 1 aliphatic rings. The summed E-state index contributed by atoms with van der Waals surface area (Å²) in [7, 11) is 0. The Bertz CT molecular complexity index is 343. The van der Waals surface area contributed by atoms with Gasteiger partial charge in [-0.25, -0.2) is 0 Å². The van der Waals surface area contributed by atoms with Gasteiger partial charge in [-0.3, -0.25) is 0 Å². The van der Waals surface area contributed by atoms with Gasteiger partial charge in [0, 0.05) is 24.1 Å². The lowest BCUT2D eigenvalue weighted by atomic mass is 10.0. The Morgan fingerprint density at radius 1 is 1.29 bits per heavy atom. The van der Waals surface area contributed by atoms with Gasteiger partial charge in [-0.15, -0.1) is 12.4 Å². The van der Waals surface area contributed by atoms with Crippen LogP contribution in [-0.4, -0.2) is 6.61 Å². The minimum atomic E-state index is 0. The first-order valence-electron chi connectivity index (χ1n) is 4.06. The Labute approximate surface area is 98.7 Å². The average molecular weight is 255 g/mol. The molecule has 0 unspecified atom stereocenters. The molecule has 1 heterocycles.